The van der Waals surface area contributed by atoms with Crippen molar-refractivity contribution < 1.29 is 21.1 Å². The molecule has 1 saturated heterocycles. The molecule has 2 fully saturated rings. The molecule has 1 aliphatic carbocycles. The minimum absolute atomic E-state index is 0. The molecular weight excluding hydrogens is 330 g/mol. The molecule has 0 aromatic carbocycles. The first kappa shape index (κ1) is 13.6. The Morgan fingerprint density at radius 2 is 1.92 bits per heavy atom. The van der Waals surface area contributed by atoms with Gasteiger partial charge in [0.2, 0.25) is 0 Å². The van der Waals surface area contributed by atoms with Gasteiger partial charge in [0.1, 0.15) is 0 Å². The average molecular weight is 351 g/mol. The van der Waals surface area contributed by atoms with Gasteiger partial charge in [-0.05, 0) is 43.7 Å². The van der Waals surface area contributed by atoms with Gasteiger partial charge in [-0.3, -0.25) is 7.05 Å². The van der Waals surface area contributed by atoms with Gasteiger partial charge >= 0.3 is 21.1 Å². The molecule has 1 spiro atoms. The van der Waals surface area contributed by atoms with Gasteiger partial charge in [-0.1, -0.05) is 6.92 Å². The van der Waals surface area contributed by atoms with Gasteiger partial charge < -0.3 is 11.8 Å². The Bertz CT molecular complexity index is 149. The van der Waals surface area contributed by atoms with Crippen molar-refractivity contribution in [3.8, 4) is 0 Å². The second-order valence-corrected chi connectivity index (χ2v) is 4.12. The molecule has 0 bridgehead atoms. The number of likely N-dealkylation sites (tertiary alicyclic amines) is 1. The fourth-order valence-corrected chi connectivity index (χ4v) is 2.38. The molecule has 2 heteroatoms. The molecule has 76 valence electrons. The molecule has 0 aromatic rings. The van der Waals surface area contributed by atoms with Crippen molar-refractivity contribution in [2.45, 2.75) is 33.1 Å². The Kier molecular flexibility index (Phi) is 5.78. The van der Waals surface area contributed by atoms with Gasteiger partial charge in [0, 0.05) is 0 Å². The van der Waals surface area contributed by atoms with E-state index in [1.54, 1.807) is 6.92 Å². The molecule has 1 saturated carbocycles. The predicted molar refractivity (Wildman–Crippen MR) is 53.4 cm³/mol. The molecule has 2 aliphatic rings. The van der Waals surface area contributed by atoms with Crippen LogP contribution in [0.15, 0.2) is 0 Å². The van der Waals surface area contributed by atoms with E-state index < -0.39 is 0 Å². The predicted octanol–water partition coefficient (Wildman–Crippen LogP) is 2.74. The van der Waals surface area contributed by atoms with Crippen LogP contribution in [0, 0.1) is 25.3 Å². The second-order valence-electron chi connectivity index (χ2n) is 4.12. The Labute approximate surface area is 97.5 Å². The van der Waals surface area contributed by atoms with Crippen LogP contribution in [0.2, 0.25) is 0 Å². The van der Waals surface area contributed by atoms with Gasteiger partial charge in [0.15, 0.2) is 0 Å². The maximum atomic E-state index is 4.00. The van der Waals surface area contributed by atoms with E-state index in [0.29, 0.717) is 0 Å². The van der Waals surface area contributed by atoms with E-state index in [4.69, 9.17) is 0 Å². The number of rotatable bonds is 0. The summed E-state index contributed by atoms with van der Waals surface area (Å²) in [6.45, 7) is 9.85. The van der Waals surface area contributed by atoms with E-state index in [1.165, 1.54) is 32.4 Å². The van der Waals surface area contributed by atoms with Gasteiger partial charge in [-0.2, -0.15) is 6.92 Å². The van der Waals surface area contributed by atoms with Crippen molar-refractivity contribution in [2.75, 3.05) is 13.1 Å². The molecular formula is C11H21NW. The number of hydrogen-bond acceptors (Lipinski definition) is 1. The largest absolute Gasteiger partial charge is 2.00 e. The van der Waals surface area contributed by atoms with Crippen molar-refractivity contribution in [1.82, 2.24) is 4.90 Å². The third-order valence-electron chi connectivity index (χ3n) is 3.29. The second kappa shape index (κ2) is 5.51. The molecule has 0 unspecified atom stereocenters. The van der Waals surface area contributed by atoms with Crippen molar-refractivity contribution in [2.24, 2.45) is 11.3 Å². The molecule has 1 heterocycles. The Balaban J connectivity index is 0.000000451. The third kappa shape index (κ3) is 3.06. The fourth-order valence-electron chi connectivity index (χ4n) is 2.38. The van der Waals surface area contributed by atoms with Gasteiger partial charge in [0.25, 0.3) is 0 Å². The normalized spacial score (nSPS) is 37.4. The van der Waals surface area contributed by atoms with Crippen molar-refractivity contribution in [3.05, 3.63) is 14.0 Å². The molecule has 0 N–H and O–H groups in total. The van der Waals surface area contributed by atoms with Crippen molar-refractivity contribution in [3.63, 3.8) is 0 Å². The monoisotopic (exact) mass is 351 g/mol. The van der Waals surface area contributed by atoms with E-state index in [9.17, 15) is 0 Å². The first-order valence-electron chi connectivity index (χ1n) is 4.99. The zero-order chi connectivity index (χ0) is 9.19. The fraction of sp³-hybridized carbons (Fsp3) is 0.818. The Morgan fingerprint density at radius 3 is 2.23 bits per heavy atom. The van der Waals surface area contributed by atoms with Crippen LogP contribution in [0.5, 0.6) is 0 Å². The summed E-state index contributed by atoms with van der Waals surface area (Å²) in [6, 6.07) is 0. The van der Waals surface area contributed by atoms with Crippen molar-refractivity contribution in [1.29, 1.82) is 0 Å². The van der Waals surface area contributed by atoms with Gasteiger partial charge in [0.05, 0.1) is 0 Å². The molecule has 13 heavy (non-hydrogen) atoms. The zero-order valence-corrected chi connectivity index (χ0v) is 11.8. The summed E-state index contributed by atoms with van der Waals surface area (Å²) < 4.78 is 0. The molecule has 1 nitrogen and oxygen atoms in total. The minimum atomic E-state index is 0. The topological polar surface area (TPSA) is 3.24 Å². The SMILES string of the molecule is [CH2-]C.[CH2-]N1CCC[C@]2(C[C@@H]2C)C1.[W+2]. The summed E-state index contributed by atoms with van der Waals surface area (Å²) in [5.74, 6) is 0.983. The van der Waals surface area contributed by atoms with Crippen LogP contribution in [-0.2, 0) is 21.1 Å². The maximum absolute atomic E-state index is 4.00. The smallest absolute Gasteiger partial charge is 0.459 e. The summed E-state index contributed by atoms with van der Waals surface area (Å²) in [6.07, 6.45) is 4.28. The molecule has 2 rings (SSSR count). The first-order valence-corrected chi connectivity index (χ1v) is 4.99. The standard InChI is InChI=1S/C9H16N.C2H5.W/c1-8-6-9(8)4-3-5-10(2)7-9;1-2;/h8H,2-7H2,1H3;1H2,2H3;/q2*-1;+2/t8-,9-;;/m0../s1. The van der Waals surface area contributed by atoms with E-state index in [-0.39, 0.29) is 21.1 Å². The van der Waals surface area contributed by atoms with Crippen LogP contribution in [0.4, 0.5) is 0 Å². The quantitative estimate of drug-likeness (QED) is 0.607. The van der Waals surface area contributed by atoms with Crippen LogP contribution in [-0.4, -0.2) is 18.0 Å². The van der Waals surface area contributed by atoms with Crippen LogP contribution in [0.1, 0.15) is 33.1 Å². The first-order chi connectivity index (χ1) is 5.73. The average Bonchev–Trinajstić information content (AvgIpc) is 2.64. The maximum Gasteiger partial charge on any atom is 2.00 e. The Morgan fingerprint density at radius 1 is 1.38 bits per heavy atom. The van der Waals surface area contributed by atoms with Crippen molar-refractivity contribution >= 4 is 0 Å². The van der Waals surface area contributed by atoms with Crippen LogP contribution < -0.4 is 0 Å². The van der Waals surface area contributed by atoms with Crippen LogP contribution in [0.3, 0.4) is 0 Å². The molecule has 1 aliphatic heterocycles. The van der Waals surface area contributed by atoms with Gasteiger partial charge in [-0.25, -0.2) is 0 Å². The number of nitrogens with zero attached hydrogens (tertiary/aromatic N) is 1. The molecule has 0 aromatic heterocycles. The molecule has 0 radical (unpaired) electrons. The van der Waals surface area contributed by atoms with E-state index in [0.717, 1.165) is 11.3 Å². The Hall–Kier alpha value is 0.648. The van der Waals surface area contributed by atoms with Crippen LogP contribution >= 0.6 is 0 Å². The summed E-state index contributed by atoms with van der Waals surface area (Å²) in [7, 11) is 4.00. The van der Waals surface area contributed by atoms with E-state index in [2.05, 4.69) is 25.8 Å². The summed E-state index contributed by atoms with van der Waals surface area (Å²) >= 11 is 0. The van der Waals surface area contributed by atoms with Gasteiger partial charge in [-0.15, -0.1) is 0 Å². The molecule has 0 amide bonds. The van der Waals surface area contributed by atoms with Crippen LogP contribution in [0.25, 0.3) is 0 Å². The minimum Gasteiger partial charge on any atom is -0.459 e. The number of piperidine rings is 1. The summed E-state index contributed by atoms with van der Waals surface area (Å²) in [5.41, 5.74) is 0.722. The summed E-state index contributed by atoms with van der Waals surface area (Å²) in [5, 5.41) is 0. The summed E-state index contributed by atoms with van der Waals surface area (Å²) in [4.78, 5) is 2.24. The van der Waals surface area contributed by atoms with E-state index in [1.807, 2.05) is 0 Å². The zero-order valence-electron chi connectivity index (χ0n) is 8.88. The molecule has 2 atom stereocenters. The number of hydrogen-bond donors (Lipinski definition) is 0. The third-order valence-corrected chi connectivity index (χ3v) is 3.29. The van der Waals surface area contributed by atoms with E-state index >= 15 is 0 Å².